The second kappa shape index (κ2) is 6.42. The van der Waals surface area contributed by atoms with E-state index < -0.39 is 5.56 Å². The van der Waals surface area contributed by atoms with Crippen LogP contribution in [-0.4, -0.2) is 32.5 Å². The van der Waals surface area contributed by atoms with Gasteiger partial charge in [-0.25, -0.2) is 4.39 Å². The molecule has 6 nitrogen and oxygen atoms in total. The molecule has 0 unspecified atom stereocenters. The van der Waals surface area contributed by atoms with E-state index in [9.17, 15) is 14.0 Å². The van der Waals surface area contributed by atoms with Crippen molar-refractivity contribution in [2.75, 3.05) is 6.54 Å². The van der Waals surface area contributed by atoms with E-state index in [0.717, 1.165) is 11.3 Å². The molecule has 132 valence electrons. The van der Waals surface area contributed by atoms with Crippen LogP contribution in [0.1, 0.15) is 21.6 Å². The summed E-state index contributed by atoms with van der Waals surface area (Å²) < 4.78 is 14.1. The summed E-state index contributed by atoms with van der Waals surface area (Å²) in [6.45, 7) is 0.784. The van der Waals surface area contributed by atoms with Crippen LogP contribution in [0.4, 0.5) is 4.39 Å². The number of pyridine rings is 1. The molecule has 0 bridgehead atoms. The van der Waals surface area contributed by atoms with Crippen molar-refractivity contribution in [1.29, 1.82) is 0 Å². The summed E-state index contributed by atoms with van der Waals surface area (Å²) in [4.78, 5) is 28.2. The summed E-state index contributed by atoms with van der Waals surface area (Å²) in [5.74, 6) is -0.618. The van der Waals surface area contributed by atoms with E-state index in [2.05, 4.69) is 15.2 Å². The number of fused-ring (bicyclic) bond motifs is 1. The first-order chi connectivity index (χ1) is 12.5. The Labute approximate surface area is 152 Å². The van der Waals surface area contributed by atoms with E-state index in [-0.39, 0.29) is 16.7 Å². The Kier molecular flexibility index (Phi) is 4.08. The maximum atomic E-state index is 14.1. The number of nitrogens with one attached hydrogen (secondary N) is 2. The van der Waals surface area contributed by atoms with Crippen LogP contribution in [0.3, 0.4) is 0 Å². The molecular weight excluding hydrogens is 359 g/mol. The summed E-state index contributed by atoms with van der Waals surface area (Å²) in [6, 6.07) is 7.76. The molecule has 26 heavy (non-hydrogen) atoms. The van der Waals surface area contributed by atoms with E-state index in [1.165, 1.54) is 18.3 Å². The normalized spacial score (nSPS) is 13.5. The Morgan fingerprint density at radius 2 is 2.12 bits per heavy atom. The maximum Gasteiger partial charge on any atom is 0.266 e. The minimum atomic E-state index is -0.444. The quantitative estimate of drug-likeness (QED) is 0.725. The second-order valence-electron chi connectivity index (χ2n) is 6.05. The number of amides is 1. The Bertz CT molecular complexity index is 1060. The first-order valence-electron chi connectivity index (χ1n) is 8.03. The smallest absolute Gasteiger partial charge is 0.266 e. The molecule has 8 heteroatoms. The topological polar surface area (TPSA) is 81.9 Å². The monoisotopic (exact) mass is 372 g/mol. The van der Waals surface area contributed by atoms with Gasteiger partial charge in [-0.15, -0.1) is 0 Å². The van der Waals surface area contributed by atoms with Gasteiger partial charge < -0.3 is 9.88 Å². The van der Waals surface area contributed by atoms with Crippen molar-refractivity contribution in [1.82, 2.24) is 20.1 Å². The molecule has 2 N–H and O–H groups in total. The third-order valence-corrected chi connectivity index (χ3v) is 4.74. The van der Waals surface area contributed by atoms with Crippen molar-refractivity contribution in [3.05, 3.63) is 74.5 Å². The average molecular weight is 373 g/mol. The van der Waals surface area contributed by atoms with Gasteiger partial charge >= 0.3 is 0 Å². The number of aromatic nitrogens is 3. The van der Waals surface area contributed by atoms with Crippen molar-refractivity contribution in [3.8, 4) is 11.3 Å². The summed E-state index contributed by atoms with van der Waals surface area (Å²) in [5, 5.41) is 7.16. The molecule has 1 aliphatic rings. The van der Waals surface area contributed by atoms with Gasteiger partial charge in [-0.2, -0.15) is 5.10 Å². The van der Waals surface area contributed by atoms with Gasteiger partial charge in [-0.05, 0) is 18.2 Å². The predicted octanol–water partition coefficient (Wildman–Crippen LogP) is 2.76. The van der Waals surface area contributed by atoms with Crippen LogP contribution in [0.2, 0.25) is 5.02 Å². The van der Waals surface area contributed by atoms with Gasteiger partial charge in [0.1, 0.15) is 16.5 Å². The van der Waals surface area contributed by atoms with Crippen LogP contribution < -0.4 is 5.56 Å². The summed E-state index contributed by atoms with van der Waals surface area (Å²) in [5.41, 5.74) is 2.45. The molecule has 0 fully saturated rings. The van der Waals surface area contributed by atoms with E-state index in [4.69, 9.17) is 11.6 Å². The number of carbonyl (C=O) groups is 1. The Morgan fingerprint density at radius 3 is 2.88 bits per heavy atom. The van der Waals surface area contributed by atoms with Gasteiger partial charge in [0.25, 0.3) is 11.5 Å². The number of benzene rings is 1. The summed E-state index contributed by atoms with van der Waals surface area (Å²) in [7, 11) is 0. The number of rotatable bonds is 2. The lowest BCUT2D eigenvalue weighted by Gasteiger charge is -2.27. The Hall–Kier alpha value is -2.93. The fourth-order valence-corrected chi connectivity index (χ4v) is 3.28. The van der Waals surface area contributed by atoms with Crippen LogP contribution in [0.25, 0.3) is 11.3 Å². The van der Waals surface area contributed by atoms with Crippen LogP contribution in [0.5, 0.6) is 0 Å². The number of aromatic amines is 2. The highest BCUT2D eigenvalue weighted by atomic mass is 35.5. The van der Waals surface area contributed by atoms with Crippen LogP contribution >= 0.6 is 11.6 Å². The second-order valence-corrected chi connectivity index (χ2v) is 6.46. The zero-order valence-electron chi connectivity index (χ0n) is 13.6. The molecule has 0 atom stereocenters. The molecule has 0 aliphatic carbocycles. The van der Waals surface area contributed by atoms with Crippen molar-refractivity contribution >= 4 is 17.5 Å². The Morgan fingerprint density at radius 1 is 1.31 bits per heavy atom. The summed E-state index contributed by atoms with van der Waals surface area (Å²) >= 11 is 5.81. The third-order valence-electron chi connectivity index (χ3n) is 4.45. The van der Waals surface area contributed by atoms with E-state index in [1.54, 1.807) is 23.1 Å². The molecule has 0 saturated carbocycles. The highest BCUT2D eigenvalue weighted by Crippen LogP contribution is 2.30. The van der Waals surface area contributed by atoms with Gasteiger partial charge in [0.05, 0.1) is 5.56 Å². The van der Waals surface area contributed by atoms with E-state index in [0.29, 0.717) is 36.3 Å². The minimum Gasteiger partial charge on any atom is -0.334 e. The SMILES string of the molecule is O=C(c1c[nH]c(=O)c(Cl)c1)N1CCc2[nH]nc(-c3ccccc3F)c2C1. The lowest BCUT2D eigenvalue weighted by atomic mass is 10.00. The van der Waals surface area contributed by atoms with Gasteiger partial charge in [-0.3, -0.25) is 14.7 Å². The standard InChI is InChI=1S/C18H14ClFN4O2/c19-13-7-10(8-21-17(13)25)18(26)24-6-5-15-12(9-24)16(23-22-15)11-3-1-2-4-14(11)20/h1-4,7-8H,5-6,9H2,(H,21,25)(H,22,23). The molecule has 0 saturated heterocycles. The molecule has 2 aromatic heterocycles. The zero-order valence-corrected chi connectivity index (χ0v) is 14.3. The maximum absolute atomic E-state index is 14.1. The number of hydrogen-bond acceptors (Lipinski definition) is 3. The highest BCUT2D eigenvalue weighted by molar-refractivity contribution is 6.30. The number of nitrogens with zero attached hydrogens (tertiary/aromatic N) is 2. The van der Waals surface area contributed by atoms with Crippen molar-refractivity contribution in [2.24, 2.45) is 0 Å². The molecule has 3 heterocycles. The van der Waals surface area contributed by atoms with Gasteiger partial charge in [0, 0.05) is 42.5 Å². The Balaban J connectivity index is 1.66. The number of halogens is 2. The van der Waals surface area contributed by atoms with E-state index >= 15 is 0 Å². The van der Waals surface area contributed by atoms with Crippen molar-refractivity contribution in [2.45, 2.75) is 13.0 Å². The molecule has 4 rings (SSSR count). The van der Waals surface area contributed by atoms with Crippen LogP contribution in [0.15, 0.2) is 41.3 Å². The summed E-state index contributed by atoms with van der Waals surface area (Å²) in [6.07, 6.45) is 1.93. The van der Waals surface area contributed by atoms with E-state index in [1.807, 2.05) is 0 Å². The molecule has 1 aliphatic heterocycles. The predicted molar refractivity (Wildman–Crippen MR) is 94.5 cm³/mol. The molecular formula is C18H14ClFN4O2. The molecule has 3 aromatic rings. The number of H-pyrrole nitrogens is 2. The fraction of sp³-hybridized carbons (Fsp3) is 0.167. The first kappa shape index (κ1) is 16.5. The van der Waals surface area contributed by atoms with Gasteiger partial charge in [-0.1, -0.05) is 23.7 Å². The lowest BCUT2D eigenvalue weighted by molar-refractivity contribution is 0.0734. The highest BCUT2D eigenvalue weighted by Gasteiger charge is 2.27. The van der Waals surface area contributed by atoms with Crippen LogP contribution in [-0.2, 0) is 13.0 Å². The van der Waals surface area contributed by atoms with Crippen molar-refractivity contribution < 1.29 is 9.18 Å². The van der Waals surface area contributed by atoms with Crippen LogP contribution in [0, 0.1) is 5.82 Å². The fourth-order valence-electron chi connectivity index (χ4n) is 3.11. The number of carbonyl (C=O) groups excluding carboxylic acids is 1. The molecule has 0 radical (unpaired) electrons. The number of hydrogen-bond donors (Lipinski definition) is 2. The first-order valence-corrected chi connectivity index (χ1v) is 8.41. The molecule has 1 amide bonds. The molecule has 1 aromatic carbocycles. The molecule has 0 spiro atoms. The minimum absolute atomic E-state index is 0.0381. The van der Waals surface area contributed by atoms with Crippen molar-refractivity contribution in [3.63, 3.8) is 0 Å². The largest absolute Gasteiger partial charge is 0.334 e. The average Bonchev–Trinajstić information content (AvgIpc) is 3.07. The lowest BCUT2D eigenvalue weighted by Crippen LogP contribution is -2.36. The van der Waals surface area contributed by atoms with Gasteiger partial charge in [0.2, 0.25) is 0 Å². The third kappa shape index (κ3) is 2.80. The van der Waals surface area contributed by atoms with Gasteiger partial charge in [0.15, 0.2) is 0 Å². The zero-order chi connectivity index (χ0) is 18.3.